The summed E-state index contributed by atoms with van der Waals surface area (Å²) < 4.78 is 12.5. The quantitative estimate of drug-likeness (QED) is 0.510. The summed E-state index contributed by atoms with van der Waals surface area (Å²) in [6, 6.07) is 4.85. The monoisotopic (exact) mass is 494 g/mol. The highest BCUT2D eigenvalue weighted by Gasteiger charge is 2.75. The molecule has 2 amide bonds. The summed E-state index contributed by atoms with van der Waals surface area (Å²) in [5.41, 5.74) is 0.281. The summed E-state index contributed by atoms with van der Waals surface area (Å²) in [6.07, 6.45) is 9.46. The fraction of sp³-hybridized carbons (Fsp3) is 0.536. The number of fused-ring (bicyclic) bond motifs is 2. The normalized spacial score (nSPS) is 34.8. The van der Waals surface area contributed by atoms with Crippen LogP contribution in [0.4, 0.5) is 5.69 Å². The largest absolute Gasteiger partial charge is 0.465 e. The first-order chi connectivity index (χ1) is 17.3. The van der Waals surface area contributed by atoms with Gasteiger partial charge >= 0.3 is 5.97 Å². The van der Waals surface area contributed by atoms with Crippen molar-refractivity contribution in [1.82, 2.24) is 4.90 Å². The van der Waals surface area contributed by atoms with E-state index in [2.05, 4.69) is 0 Å². The van der Waals surface area contributed by atoms with Crippen molar-refractivity contribution < 1.29 is 29.0 Å². The molecule has 5 rings (SSSR count). The summed E-state index contributed by atoms with van der Waals surface area (Å²) in [7, 11) is 0. The van der Waals surface area contributed by atoms with Gasteiger partial charge < -0.3 is 24.4 Å². The minimum Gasteiger partial charge on any atom is -0.465 e. The number of allylic oxidation sites excluding steroid dienone is 1. The highest BCUT2D eigenvalue weighted by molar-refractivity contribution is 6.06. The SMILES string of the molecule is CC[C@]12/C=C\CCCOC(=O)[C@H]1[C@H]1C(=O)N(CCO)C3C(=O)N(c4c(C)cccc4C)CC=C[C@@]31O2. The van der Waals surface area contributed by atoms with E-state index in [1.807, 2.05) is 63.3 Å². The number of rotatable bonds is 4. The van der Waals surface area contributed by atoms with E-state index in [0.29, 0.717) is 19.4 Å². The summed E-state index contributed by atoms with van der Waals surface area (Å²) in [5.74, 6) is -2.93. The number of aliphatic hydroxyl groups excluding tert-OH is 1. The predicted octanol–water partition coefficient (Wildman–Crippen LogP) is 2.45. The van der Waals surface area contributed by atoms with Crippen LogP contribution in [0, 0.1) is 25.7 Å². The average molecular weight is 495 g/mol. The molecule has 0 saturated carbocycles. The number of para-hydroxylation sites is 1. The Balaban J connectivity index is 1.69. The van der Waals surface area contributed by atoms with Crippen LogP contribution in [-0.4, -0.2) is 71.3 Å². The van der Waals surface area contributed by atoms with E-state index in [9.17, 15) is 19.5 Å². The molecule has 8 nitrogen and oxygen atoms in total. The Bertz CT molecular complexity index is 1120. The van der Waals surface area contributed by atoms with Crippen molar-refractivity contribution in [2.45, 2.75) is 57.3 Å². The number of carbonyl (C=O) groups is 3. The van der Waals surface area contributed by atoms with Gasteiger partial charge in [-0.3, -0.25) is 14.4 Å². The van der Waals surface area contributed by atoms with Gasteiger partial charge in [-0.2, -0.15) is 0 Å². The molecule has 4 aliphatic heterocycles. The number of benzene rings is 1. The minimum atomic E-state index is -1.35. The minimum absolute atomic E-state index is 0.0258. The molecule has 1 N–H and O–H groups in total. The molecular formula is C28H34N2O6. The van der Waals surface area contributed by atoms with Crippen LogP contribution in [0.2, 0.25) is 0 Å². The zero-order chi connectivity index (χ0) is 25.7. The Kier molecular flexibility index (Phi) is 6.29. The molecule has 8 heteroatoms. The third kappa shape index (κ3) is 3.45. The van der Waals surface area contributed by atoms with E-state index in [0.717, 1.165) is 23.2 Å². The predicted molar refractivity (Wildman–Crippen MR) is 133 cm³/mol. The van der Waals surface area contributed by atoms with Crippen molar-refractivity contribution in [3.8, 4) is 0 Å². The number of likely N-dealkylation sites (tertiary alicyclic amines) is 1. The Hall–Kier alpha value is -2.97. The van der Waals surface area contributed by atoms with Crippen molar-refractivity contribution in [1.29, 1.82) is 0 Å². The second-order valence-electron chi connectivity index (χ2n) is 10.2. The molecule has 5 atom stereocenters. The van der Waals surface area contributed by atoms with E-state index < -0.39 is 35.0 Å². The molecule has 0 bridgehead atoms. The molecule has 4 heterocycles. The molecule has 0 radical (unpaired) electrons. The van der Waals surface area contributed by atoms with Crippen molar-refractivity contribution in [2.24, 2.45) is 11.8 Å². The van der Waals surface area contributed by atoms with Crippen molar-refractivity contribution >= 4 is 23.5 Å². The number of hydrogen-bond donors (Lipinski definition) is 1. The van der Waals surface area contributed by atoms with Gasteiger partial charge in [0.05, 0.1) is 19.1 Å². The van der Waals surface area contributed by atoms with Gasteiger partial charge in [0.25, 0.3) is 5.91 Å². The molecule has 1 unspecified atom stereocenters. The Morgan fingerprint density at radius 3 is 2.50 bits per heavy atom. The zero-order valence-corrected chi connectivity index (χ0v) is 21.1. The smallest absolute Gasteiger partial charge is 0.313 e. The summed E-state index contributed by atoms with van der Waals surface area (Å²) in [6.45, 7) is 6.09. The number of esters is 1. The molecular weight excluding hydrogens is 460 g/mol. The molecule has 1 aromatic rings. The van der Waals surface area contributed by atoms with Crippen LogP contribution in [-0.2, 0) is 23.9 Å². The first-order valence-corrected chi connectivity index (χ1v) is 12.8. The topological polar surface area (TPSA) is 96.4 Å². The van der Waals surface area contributed by atoms with E-state index >= 15 is 0 Å². The summed E-state index contributed by atoms with van der Waals surface area (Å²) >= 11 is 0. The number of aryl methyl sites for hydroxylation is 2. The second-order valence-corrected chi connectivity index (χ2v) is 10.2. The third-order valence-corrected chi connectivity index (χ3v) is 8.18. The van der Waals surface area contributed by atoms with Crippen molar-refractivity contribution in [3.63, 3.8) is 0 Å². The van der Waals surface area contributed by atoms with Crippen LogP contribution in [0.1, 0.15) is 37.3 Å². The van der Waals surface area contributed by atoms with E-state index in [1.54, 1.807) is 4.90 Å². The van der Waals surface area contributed by atoms with E-state index in [1.165, 1.54) is 4.90 Å². The van der Waals surface area contributed by atoms with Crippen LogP contribution in [0.5, 0.6) is 0 Å². The maximum Gasteiger partial charge on any atom is 0.313 e. The molecule has 4 aliphatic rings. The second kappa shape index (κ2) is 9.16. The highest BCUT2D eigenvalue weighted by Crippen LogP contribution is 2.58. The lowest BCUT2D eigenvalue weighted by Crippen LogP contribution is -2.56. The molecule has 192 valence electrons. The zero-order valence-electron chi connectivity index (χ0n) is 21.1. The molecule has 0 aromatic heterocycles. The van der Waals surface area contributed by atoms with Crippen LogP contribution >= 0.6 is 0 Å². The summed E-state index contributed by atoms with van der Waals surface area (Å²) in [5, 5.41) is 9.84. The third-order valence-electron chi connectivity index (χ3n) is 8.18. The number of amides is 2. The fourth-order valence-electron chi connectivity index (χ4n) is 6.65. The Morgan fingerprint density at radius 2 is 1.81 bits per heavy atom. The first-order valence-electron chi connectivity index (χ1n) is 12.8. The van der Waals surface area contributed by atoms with Gasteiger partial charge in [0.1, 0.15) is 23.2 Å². The van der Waals surface area contributed by atoms with Crippen molar-refractivity contribution in [3.05, 3.63) is 53.6 Å². The molecule has 2 saturated heterocycles. The molecule has 1 aromatic carbocycles. The maximum atomic E-state index is 14.4. The number of ether oxygens (including phenoxy) is 2. The molecule has 1 spiro atoms. The number of cyclic esters (lactones) is 1. The molecule has 36 heavy (non-hydrogen) atoms. The van der Waals surface area contributed by atoms with E-state index in [4.69, 9.17) is 9.47 Å². The standard InChI is InChI=1S/C28H34N2O6/c1-4-27-12-6-5-7-17-35-26(34)21(27)20-24(32)30(15-16-31)23-25(33)29(14-9-13-28(20,23)36-27)22-18(2)10-8-11-19(22)3/h6,8-13,20-21,23,31H,4-5,7,14-17H2,1-3H3/b12-6-/t20-,21+,23?,27-,28-/m0/s1. The van der Waals surface area contributed by atoms with Crippen LogP contribution < -0.4 is 4.90 Å². The van der Waals surface area contributed by atoms with Crippen LogP contribution in [0.3, 0.4) is 0 Å². The summed E-state index contributed by atoms with van der Waals surface area (Å²) in [4.78, 5) is 44.9. The first kappa shape index (κ1) is 24.7. The van der Waals surface area contributed by atoms with E-state index in [-0.39, 0.29) is 31.6 Å². The Labute approximate surface area is 211 Å². The lowest BCUT2D eigenvalue weighted by atomic mass is 9.73. The lowest BCUT2D eigenvalue weighted by molar-refractivity contribution is -0.159. The van der Waals surface area contributed by atoms with Gasteiger partial charge in [-0.05, 0) is 44.2 Å². The number of β-amino-alcohol motifs (C(OH)–C–C–N with tert-alkyl or cyclic N) is 1. The number of carbonyl (C=O) groups excluding carboxylic acids is 3. The highest BCUT2D eigenvalue weighted by atomic mass is 16.6. The van der Waals surface area contributed by atoms with Crippen LogP contribution in [0.15, 0.2) is 42.5 Å². The molecule has 0 aliphatic carbocycles. The van der Waals surface area contributed by atoms with Gasteiger partial charge in [0.2, 0.25) is 5.91 Å². The van der Waals surface area contributed by atoms with Gasteiger partial charge in [-0.15, -0.1) is 0 Å². The van der Waals surface area contributed by atoms with Gasteiger partial charge in [0.15, 0.2) is 0 Å². The number of hydrogen-bond acceptors (Lipinski definition) is 6. The number of aliphatic hydroxyl groups is 1. The Morgan fingerprint density at radius 1 is 1.06 bits per heavy atom. The van der Waals surface area contributed by atoms with Gasteiger partial charge in [0, 0.05) is 18.8 Å². The maximum absolute atomic E-state index is 14.4. The van der Waals surface area contributed by atoms with Gasteiger partial charge in [-0.25, -0.2) is 0 Å². The number of nitrogens with zero attached hydrogens (tertiary/aromatic N) is 2. The lowest BCUT2D eigenvalue weighted by Gasteiger charge is -2.38. The van der Waals surface area contributed by atoms with Gasteiger partial charge in [-0.1, -0.05) is 49.4 Å². The number of anilines is 1. The average Bonchev–Trinajstić information content (AvgIpc) is 3.22. The molecule has 2 fully saturated rings. The van der Waals surface area contributed by atoms with Crippen LogP contribution in [0.25, 0.3) is 0 Å². The van der Waals surface area contributed by atoms with Crippen molar-refractivity contribution in [2.75, 3.05) is 31.2 Å². The fourth-order valence-corrected chi connectivity index (χ4v) is 6.65.